The van der Waals surface area contributed by atoms with E-state index in [2.05, 4.69) is 30.5 Å². The van der Waals surface area contributed by atoms with Gasteiger partial charge >= 0.3 is 19.8 Å². The Morgan fingerprint density at radius 3 is 1.33 bits per heavy atom. The van der Waals surface area contributed by atoms with Crippen LogP contribution < -0.4 is 0 Å². The van der Waals surface area contributed by atoms with Crippen LogP contribution >= 0.6 is 7.82 Å². The molecule has 0 aromatic heterocycles. The van der Waals surface area contributed by atoms with Gasteiger partial charge in [0.05, 0.1) is 6.61 Å². The predicted octanol–water partition coefficient (Wildman–Crippen LogP) is 11.1. The molecule has 0 aliphatic carbocycles. The third-order valence-corrected chi connectivity index (χ3v) is 8.77. The Kier molecular flexibility index (Phi) is 32.8. The minimum atomic E-state index is -4.74. The molecule has 0 saturated heterocycles. The molecule has 0 saturated carbocycles. The molecule has 0 aliphatic rings. The number of phosphoric ester groups is 1. The van der Waals surface area contributed by atoms with Crippen LogP contribution in [0.4, 0.5) is 0 Å². The lowest BCUT2D eigenvalue weighted by molar-refractivity contribution is -0.161. The lowest BCUT2D eigenvalue weighted by Crippen LogP contribution is -2.29. The molecule has 0 aromatic rings. The number of hydrogen-bond acceptors (Lipinski definition) is 6. The normalized spacial score (nSPS) is 12.5. The number of phosphoric acid groups is 1. The number of ether oxygens (including phenoxy) is 2. The van der Waals surface area contributed by atoms with E-state index in [1.54, 1.807) is 0 Å². The van der Waals surface area contributed by atoms with Gasteiger partial charge in [0.15, 0.2) is 6.10 Å². The van der Waals surface area contributed by atoms with Gasteiger partial charge in [0.25, 0.3) is 0 Å². The van der Waals surface area contributed by atoms with Crippen LogP contribution in [0.2, 0.25) is 0 Å². The Balaban J connectivity index is 3.96. The zero-order chi connectivity index (χ0) is 34.0. The summed E-state index contributed by atoms with van der Waals surface area (Å²) in [5, 5.41) is 0. The summed E-state index contributed by atoms with van der Waals surface area (Å²) < 4.78 is 26.3. The maximum absolute atomic E-state index is 12.3. The lowest BCUT2D eigenvalue weighted by atomic mass is 10.0. The second-order valence-electron chi connectivity index (χ2n) is 12.9. The molecule has 1 atom stereocenters. The molecule has 0 fully saturated rings. The maximum Gasteiger partial charge on any atom is 0.469 e. The first kappa shape index (κ1) is 44.8. The van der Waals surface area contributed by atoms with Crippen LogP contribution in [0.3, 0.4) is 0 Å². The monoisotopic (exact) mass is 674 g/mol. The first-order valence-electron chi connectivity index (χ1n) is 19.0. The van der Waals surface area contributed by atoms with Gasteiger partial charge in [-0.1, -0.05) is 154 Å². The molecular weight excluding hydrogens is 603 g/mol. The largest absolute Gasteiger partial charge is 0.469 e. The molecule has 0 aromatic carbocycles. The fourth-order valence-corrected chi connectivity index (χ4v) is 5.79. The van der Waals surface area contributed by atoms with Gasteiger partial charge < -0.3 is 19.3 Å². The zero-order valence-electron chi connectivity index (χ0n) is 29.7. The third kappa shape index (κ3) is 35.6. The van der Waals surface area contributed by atoms with E-state index >= 15 is 0 Å². The Labute approximate surface area is 282 Å². The summed E-state index contributed by atoms with van der Waals surface area (Å²) in [4.78, 5) is 42.7. The molecule has 9 heteroatoms. The maximum atomic E-state index is 12.3. The molecule has 272 valence electrons. The van der Waals surface area contributed by atoms with Crippen molar-refractivity contribution < 1.29 is 37.9 Å². The van der Waals surface area contributed by atoms with Gasteiger partial charge in [-0.05, 0) is 38.5 Å². The van der Waals surface area contributed by atoms with E-state index < -0.39 is 32.5 Å². The topological polar surface area (TPSA) is 119 Å². The fraction of sp³-hybridized carbons (Fsp3) is 0.892. The first-order valence-corrected chi connectivity index (χ1v) is 20.5. The van der Waals surface area contributed by atoms with E-state index in [1.165, 1.54) is 109 Å². The summed E-state index contributed by atoms with van der Waals surface area (Å²) >= 11 is 0. The minimum Gasteiger partial charge on any atom is -0.462 e. The summed E-state index contributed by atoms with van der Waals surface area (Å²) in [6.45, 7) is 3.67. The summed E-state index contributed by atoms with van der Waals surface area (Å²) in [7, 11) is -4.74. The minimum absolute atomic E-state index is 0.206. The highest BCUT2D eigenvalue weighted by Crippen LogP contribution is 2.36. The average molecular weight is 675 g/mol. The first-order chi connectivity index (χ1) is 22.3. The van der Waals surface area contributed by atoms with Crippen LogP contribution in [0.1, 0.15) is 194 Å². The molecule has 0 spiro atoms. The molecule has 46 heavy (non-hydrogen) atoms. The molecular formula is C37H71O8P. The Hall–Kier alpha value is -1.21. The standard InChI is InChI=1S/C37H71O8P/c1-3-5-7-9-11-13-15-17-18-20-22-24-26-28-30-32-37(39)45-35(34-44-46(40,41)42)33-43-36(38)31-29-27-25-23-21-19-16-14-12-10-8-6-4-2/h17-18,35H,3-16,19-34H2,1-2H3,(H2,40,41,42)/b18-17+/t35-/m1/s1. The van der Waals surface area contributed by atoms with Crippen molar-refractivity contribution >= 4 is 19.8 Å². The van der Waals surface area contributed by atoms with Gasteiger partial charge in [-0.3, -0.25) is 14.1 Å². The predicted molar refractivity (Wildman–Crippen MR) is 189 cm³/mol. The molecule has 0 heterocycles. The van der Waals surface area contributed by atoms with E-state index in [9.17, 15) is 14.2 Å². The number of hydrogen-bond donors (Lipinski definition) is 2. The zero-order valence-corrected chi connectivity index (χ0v) is 30.6. The van der Waals surface area contributed by atoms with Crippen LogP contribution in [-0.2, 0) is 28.2 Å². The highest BCUT2D eigenvalue weighted by molar-refractivity contribution is 7.46. The Bertz CT molecular complexity index is 766. The quantitative estimate of drug-likeness (QED) is 0.0295. The highest BCUT2D eigenvalue weighted by atomic mass is 31.2. The second-order valence-corrected chi connectivity index (χ2v) is 14.1. The van der Waals surface area contributed by atoms with Crippen molar-refractivity contribution in [2.75, 3.05) is 13.2 Å². The van der Waals surface area contributed by atoms with Gasteiger partial charge in [-0.15, -0.1) is 0 Å². The van der Waals surface area contributed by atoms with E-state index in [0.717, 1.165) is 51.4 Å². The van der Waals surface area contributed by atoms with Crippen LogP contribution in [0.5, 0.6) is 0 Å². The Morgan fingerprint density at radius 1 is 0.543 bits per heavy atom. The van der Waals surface area contributed by atoms with Crippen molar-refractivity contribution in [2.24, 2.45) is 0 Å². The SMILES string of the molecule is CCCCCCCC/C=C/CCCCCCCC(=O)O[C@H](COC(=O)CCCCCCCCCCCCCCC)COP(=O)(O)O. The highest BCUT2D eigenvalue weighted by Gasteiger charge is 2.22. The molecule has 0 amide bonds. The molecule has 2 N–H and O–H groups in total. The lowest BCUT2D eigenvalue weighted by Gasteiger charge is -2.18. The van der Waals surface area contributed by atoms with Crippen molar-refractivity contribution in [3.63, 3.8) is 0 Å². The average Bonchev–Trinajstić information content (AvgIpc) is 3.02. The third-order valence-electron chi connectivity index (χ3n) is 8.28. The summed E-state index contributed by atoms with van der Waals surface area (Å²) in [5.74, 6) is -0.887. The number of rotatable bonds is 35. The summed E-state index contributed by atoms with van der Waals surface area (Å²) in [5.41, 5.74) is 0. The van der Waals surface area contributed by atoms with Crippen LogP contribution in [0.15, 0.2) is 12.2 Å². The number of unbranched alkanes of at least 4 members (excludes halogenated alkanes) is 23. The van der Waals surface area contributed by atoms with Crippen molar-refractivity contribution in [3.8, 4) is 0 Å². The summed E-state index contributed by atoms with van der Waals surface area (Å²) in [6, 6.07) is 0. The van der Waals surface area contributed by atoms with Gasteiger partial charge in [0.2, 0.25) is 0 Å². The van der Waals surface area contributed by atoms with E-state index in [0.29, 0.717) is 6.42 Å². The van der Waals surface area contributed by atoms with E-state index in [-0.39, 0.29) is 19.4 Å². The van der Waals surface area contributed by atoms with Gasteiger partial charge in [-0.25, -0.2) is 4.57 Å². The number of carbonyl (C=O) groups excluding carboxylic acids is 2. The molecule has 0 rings (SSSR count). The van der Waals surface area contributed by atoms with Gasteiger partial charge in [0, 0.05) is 12.8 Å². The van der Waals surface area contributed by atoms with Crippen molar-refractivity contribution in [1.82, 2.24) is 0 Å². The van der Waals surface area contributed by atoms with Crippen molar-refractivity contribution in [1.29, 1.82) is 0 Å². The number of carbonyl (C=O) groups is 2. The van der Waals surface area contributed by atoms with Crippen LogP contribution in [0.25, 0.3) is 0 Å². The number of allylic oxidation sites excluding steroid dienone is 2. The molecule has 0 unspecified atom stereocenters. The smallest absolute Gasteiger partial charge is 0.462 e. The molecule has 8 nitrogen and oxygen atoms in total. The van der Waals surface area contributed by atoms with Gasteiger partial charge in [0.1, 0.15) is 6.61 Å². The van der Waals surface area contributed by atoms with Gasteiger partial charge in [-0.2, -0.15) is 0 Å². The number of esters is 2. The molecule has 0 radical (unpaired) electrons. The summed E-state index contributed by atoms with van der Waals surface area (Å²) in [6.07, 6.45) is 35.0. The Morgan fingerprint density at radius 2 is 0.913 bits per heavy atom. The van der Waals surface area contributed by atoms with E-state index in [1.807, 2.05) is 0 Å². The van der Waals surface area contributed by atoms with E-state index in [4.69, 9.17) is 19.3 Å². The fourth-order valence-electron chi connectivity index (χ4n) is 5.43. The van der Waals surface area contributed by atoms with Crippen LogP contribution in [0, 0.1) is 0 Å². The van der Waals surface area contributed by atoms with Crippen LogP contribution in [-0.4, -0.2) is 41.0 Å². The van der Waals surface area contributed by atoms with Crippen molar-refractivity contribution in [3.05, 3.63) is 12.2 Å². The second kappa shape index (κ2) is 33.7. The molecule has 0 bridgehead atoms. The molecule has 0 aliphatic heterocycles. The van der Waals surface area contributed by atoms with Crippen molar-refractivity contribution in [2.45, 2.75) is 200 Å².